The number of nitrogens with one attached hydrogen (secondary N) is 1. The van der Waals surface area contributed by atoms with Gasteiger partial charge in [0, 0.05) is 16.7 Å². The molecule has 2 aromatic carbocycles. The van der Waals surface area contributed by atoms with E-state index in [1.165, 1.54) is 18.9 Å². The normalized spacial score (nSPS) is 14.8. The molecule has 4 rings (SSSR count). The molecule has 0 bridgehead atoms. The first-order valence-corrected chi connectivity index (χ1v) is 12.7. The molecule has 6 nitrogen and oxygen atoms in total. The average molecular weight is 502 g/mol. The lowest BCUT2D eigenvalue weighted by Crippen LogP contribution is -2.25. The number of aromatic nitrogens is 2. The monoisotopic (exact) mass is 501 g/mol. The van der Waals surface area contributed by atoms with Crippen LogP contribution in [0.3, 0.4) is 0 Å². The molecule has 0 fully saturated rings. The molecule has 0 aliphatic carbocycles. The van der Waals surface area contributed by atoms with E-state index < -0.39 is 0 Å². The first-order chi connectivity index (χ1) is 15.7. The summed E-state index contributed by atoms with van der Waals surface area (Å²) < 4.78 is 6.93. The number of carbonyl (C=O) groups excluding carboxylic acids is 1. The predicted octanol–water partition coefficient (Wildman–Crippen LogP) is 5.28. The Bertz CT molecular complexity index is 1270. The number of rotatable bonds is 6. The first kappa shape index (κ1) is 23.7. The smallest absolute Gasteiger partial charge is 0.272 e. The molecule has 1 N–H and O–H groups in total. The molecule has 33 heavy (non-hydrogen) atoms. The zero-order valence-electron chi connectivity index (χ0n) is 18.8. The zero-order chi connectivity index (χ0) is 23.7. The molecule has 9 heteroatoms. The molecule has 1 aliphatic rings. The largest absolute Gasteiger partial charge is 0.495 e. The van der Waals surface area contributed by atoms with Crippen LogP contribution < -0.4 is 15.6 Å². The number of methoxy groups -OCH3 is 1. The van der Waals surface area contributed by atoms with E-state index in [0.717, 1.165) is 28.9 Å². The van der Waals surface area contributed by atoms with Crippen molar-refractivity contribution in [2.24, 2.45) is 0 Å². The number of anilines is 1. The van der Waals surface area contributed by atoms with Crippen LogP contribution in [0.15, 0.2) is 51.2 Å². The number of aryl methyl sites for hydroxylation is 2. The maximum atomic E-state index is 13.5. The van der Waals surface area contributed by atoms with Gasteiger partial charge < -0.3 is 10.1 Å². The summed E-state index contributed by atoms with van der Waals surface area (Å²) in [6, 6.07) is 11.0. The number of halogens is 1. The van der Waals surface area contributed by atoms with Gasteiger partial charge in [0.25, 0.3) is 5.56 Å². The van der Waals surface area contributed by atoms with Crippen molar-refractivity contribution in [2.75, 3.05) is 18.2 Å². The van der Waals surface area contributed by atoms with E-state index in [2.05, 4.69) is 18.3 Å². The minimum absolute atomic E-state index is 0.0778. The molecule has 2 heterocycles. The van der Waals surface area contributed by atoms with Gasteiger partial charge in [0.2, 0.25) is 5.91 Å². The Morgan fingerprint density at radius 3 is 2.70 bits per heavy atom. The van der Waals surface area contributed by atoms with Crippen LogP contribution in [0.1, 0.15) is 23.7 Å². The molecule has 0 spiro atoms. The third-order valence-corrected chi connectivity index (χ3v) is 7.50. The van der Waals surface area contributed by atoms with E-state index in [0.29, 0.717) is 31.8 Å². The van der Waals surface area contributed by atoms with E-state index in [-0.39, 0.29) is 17.2 Å². The summed E-state index contributed by atoms with van der Waals surface area (Å²) in [7, 11) is 1.53. The van der Waals surface area contributed by atoms with Crippen LogP contribution in [0.4, 0.5) is 5.69 Å². The Hall–Kier alpha value is -2.42. The van der Waals surface area contributed by atoms with Gasteiger partial charge in [-0.2, -0.15) is 0 Å². The average Bonchev–Trinajstić information content (AvgIpc) is 3.12. The molecule has 1 atom stereocenters. The minimum Gasteiger partial charge on any atom is -0.495 e. The summed E-state index contributed by atoms with van der Waals surface area (Å²) in [6.45, 7) is 6.08. The van der Waals surface area contributed by atoms with Gasteiger partial charge in [-0.25, -0.2) is 4.98 Å². The second-order valence-electron chi connectivity index (χ2n) is 7.97. The number of benzene rings is 2. The fourth-order valence-electron chi connectivity index (χ4n) is 3.80. The summed E-state index contributed by atoms with van der Waals surface area (Å²) >= 11 is 8.87. The van der Waals surface area contributed by atoms with Crippen LogP contribution >= 0.6 is 35.1 Å². The summed E-state index contributed by atoms with van der Waals surface area (Å²) in [6.07, 6.45) is 0.738. The highest BCUT2D eigenvalue weighted by Crippen LogP contribution is 2.35. The SMILES string of the molecule is COc1ccc(Cl)cc1NC(=O)CSc1nc2c(c(=O)n1-c1cc(C)cc(C)c1)SC(C)C2. The summed E-state index contributed by atoms with van der Waals surface area (Å²) in [5.74, 6) is 0.352. The van der Waals surface area contributed by atoms with Crippen LogP contribution in [-0.4, -0.2) is 33.6 Å². The molecular formula is C24H24ClN3O3S2. The van der Waals surface area contributed by atoms with Crippen molar-refractivity contribution in [3.8, 4) is 11.4 Å². The van der Waals surface area contributed by atoms with Gasteiger partial charge in [-0.1, -0.05) is 36.4 Å². The van der Waals surface area contributed by atoms with E-state index in [4.69, 9.17) is 21.3 Å². The number of nitrogens with zero attached hydrogens (tertiary/aromatic N) is 2. The van der Waals surface area contributed by atoms with E-state index >= 15 is 0 Å². The Morgan fingerprint density at radius 1 is 1.27 bits per heavy atom. The minimum atomic E-state index is -0.245. The van der Waals surface area contributed by atoms with Gasteiger partial charge in [0.1, 0.15) is 5.75 Å². The first-order valence-electron chi connectivity index (χ1n) is 10.4. The van der Waals surface area contributed by atoms with Crippen LogP contribution in [0.5, 0.6) is 5.75 Å². The Labute approximate surface area is 206 Å². The number of ether oxygens (including phenoxy) is 1. The van der Waals surface area contributed by atoms with Crippen molar-refractivity contribution in [2.45, 2.75) is 42.5 Å². The summed E-state index contributed by atoms with van der Waals surface area (Å²) in [5.41, 5.74) is 4.08. The third kappa shape index (κ3) is 5.23. The maximum Gasteiger partial charge on any atom is 0.272 e. The lowest BCUT2D eigenvalue weighted by molar-refractivity contribution is -0.113. The molecule has 0 radical (unpaired) electrons. The van der Waals surface area contributed by atoms with Gasteiger partial charge >= 0.3 is 0 Å². The zero-order valence-corrected chi connectivity index (χ0v) is 21.2. The second-order valence-corrected chi connectivity index (χ2v) is 10.8. The Kier molecular flexibility index (Phi) is 7.07. The van der Waals surface area contributed by atoms with Crippen molar-refractivity contribution in [1.82, 2.24) is 9.55 Å². The second kappa shape index (κ2) is 9.83. The number of hydrogen-bond donors (Lipinski definition) is 1. The number of hydrogen-bond acceptors (Lipinski definition) is 6. The van der Waals surface area contributed by atoms with E-state index in [9.17, 15) is 9.59 Å². The topological polar surface area (TPSA) is 73.2 Å². The molecule has 1 aromatic heterocycles. The van der Waals surface area contributed by atoms with Gasteiger partial charge in [-0.05, 0) is 55.3 Å². The molecule has 1 amide bonds. The fraction of sp³-hybridized carbons (Fsp3) is 0.292. The van der Waals surface area contributed by atoms with Crippen LogP contribution in [0, 0.1) is 13.8 Å². The molecule has 0 saturated heterocycles. The Balaban J connectivity index is 1.66. The van der Waals surface area contributed by atoms with Crippen molar-refractivity contribution < 1.29 is 9.53 Å². The van der Waals surface area contributed by atoms with Gasteiger partial charge in [-0.3, -0.25) is 14.2 Å². The lowest BCUT2D eigenvalue weighted by Gasteiger charge is -2.15. The molecular weight excluding hydrogens is 478 g/mol. The standard InChI is InChI=1S/C24H24ClN3O3S2/c1-13-7-14(2)9-17(8-13)28-23(30)22-19(10-15(3)33-22)27-24(28)32-12-21(29)26-18-11-16(25)5-6-20(18)31-4/h5-9,11,15H,10,12H2,1-4H3,(H,26,29). The molecule has 172 valence electrons. The highest BCUT2D eigenvalue weighted by Gasteiger charge is 2.27. The van der Waals surface area contributed by atoms with Crippen LogP contribution in [0.2, 0.25) is 5.02 Å². The molecule has 1 unspecified atom stereocenters. The van der Waals surface area contributed by atoms with Crippen LogP contribution in [-0.2, 0) is 11.2 Å². The van der Waals surface area contributed by atoms with Crippen LogP contribution in [0.25, 0.3) is 5.69 Å². The third-order valence-electron chi connectivity index (χ3n) is 5.11. The predicted molar refractivity (Wildman–Crippen MR) is 136 cm³/mol. The summed E-state index contributed by atoms with van der Waals surface area (Å²) in [5, 5.41) is 4.13. The molecule has 3 aromatic rings. The maximum absolute atomic E-state index is 13.5. The number of fused-ring (bicyclic) bond motifs is 1. The number of amides is 1. The quantitative estimate of drug-likeness (QED) is 0.366. The van der Waals surface area contributed by atoms with E-state index in [1.807, 2.05) is 26.0 Å². The summed E-state index contributed by atoms with van der Waals surface area (Å²) in [4.78, 5) is 31.7. The van der Waals surface area contributed by atoms with Gasteiger partial charge in [-0.15, -0.1) is 11.8 Å². The highest BCUT2D eigenvalue weighted by atomic mass is 35.5. The number of carbonyl (C=O) groups is 1. The fourth-order valence-corrected chi connectivity index (χ4v) is 5.90. The highest BCUT2D eigenvalue weighted by molar-refractivity contribution is 8.00. The van der Waals surface area contributed by atoms with Crippen molar-refractivity contribution in [3.05, 3.63) is 68.6 Å². The van der Waals surface area contributed by atoms with Crippen molar-refractivity contribution >= 4 is 46.7 Å². The van der Waals surface area contributed by atoms with Crippen molar-refractivity contribution in [3.63, 3.8) is 0 Å². The van der Waals surface area contributed by atoms with E-state index in [1.54, 1.807) is 34.5 Å². The number of thioether (sulfide) groups is 2. The molecule has 1 aliphatic heterocycles. The van der Waals surface area contributed by atoms with Crippen molar-refractivity contribution in [1.29, 1.82) is 0 Å². The van der Waals surface area contributed by atoms with Gasteiger partial charge in [0.05, 0.1) is 34.8 Å². The lowest BCUT2D eigenvalue weighted by atomic mass is 10.1. The molecule has 0 saturated carbocycles. The Morgan fingerprint density at radius 2 is 2.00 bits per heavy atom. The van der Waals surface area contributed by atoms with Gasteiger partial charge in [0.15, 0.2) is 5.16 Å².